The monoisotopic (exact) mass is 267 g/mol. The molecule has 0 saturated carbocycles. The van der Waals surface area contributed by atoms with E-state index >= 15 is 0 Å². The molecule has 0 radical (unpaired) electrons. The predicted molar refractivity (Wildman–Crippen MR) is 71.7 cm³/mol. The van der Waals surface area contributed by atoms with E-state index in [4.69, 9.17) is 5.11 Å². The van der Waals surface area contributed by atoms with Gasteiger partial charge in [-0.1, -0.05) is 0 Å². The van der Waals surface area contributed by atoms with Gasteiger partial charge in [-0.3, -0.25) is 10.1 Å². The number of carboxylic acid groups (broad SMARTS) is 1. The summed E-state index contributed by atoms with van der Waals surface area (Å²) in [4.78, 5) is 23.1. The lowest BCUT2D eigenvalue weighted by Crippen LogP contribution is -2.29. The van der Waals surface area contributed by atoms with Crippen molar-refractivity contribution in [3.05, 3.63) is 33.9 Å². The Balaban J connectivity index is 3.00. The Morgan fingerprint density at radius 3 is 2.63 bits per heavy atom. The second kappa shape index (κ2) is 6.14. The summed E-state index contributed by atoms with van der Waals surface area (Å²) in [6, 6.07) is 3.84. The molecule has 0 spiro atoms. The highest BCUT2D eigenvalue weighted by atomic mass is 16.6. The summed E-state index contributed by atoms with van der Waals surface area (Å²) in [5.41, 5.74) is -0.00707. The molecule has 0 aliphatic heterocycles. The van der Waals surface area contributed by atoms with Crippen molar-refractivity contribution < 1.29 is 14.8 Å². The normalized spacial score (nSPS) is 12.2. The first-order valence-electron chi connectivity index (χ1n) is 5.74. The van der Waals surface area contributed by atoms with Crippen LogP contribution >= 0.6 is 0 Å². The van der Waals surface area contributed by atoms with Crippen LogP contribution in [0.3, 0.4) is 0 Å². The van der Waals surface area contributed by atoms with Gasteiger partial charge in [0.25, 0.3) is 5.69 Å². The van der Waals surface area contributed by atoms with Gasteiger partial charge in [0.05, 0.1) is 10.5 Å². The Bertz CT molecular complexity index is 488. The minimum atomic E-state index is -1.18. The number of hydrogen-bond donors (Lipinski definition) is 2. The molecule has 104 valence electrons. The maximum absolute atomic E-state index is 11.0. The molecule has 0 fully saturated rings. The van der Waals surface area contributed by atoms with Crippen molar-refractivity contribution in [1.82, 2.24) is 4.90 Å². The average molecular weight is 267 g/mol. The average Bonchev–Trinajstić information content (AvgIpc) is 2.27. The summed E-state index contributed by atoms with van der Waals surface area (Å²) in [6.45, 7) is 2.60. The lowest BCUT2D eigenvalue weighted by Gasteiger charge is -2.19. The molecular weight excluding hydrogens is 250 g/mol. The molecule has 7 nitrogen and oxygen atoms in total. The fourth-order valence-corrected chi connectivity index (χ4v) is 1.80. The highest BCUT2D eigenvalue weighted by molar-refractivity contribution is 5.89. The van der Waals surface area contributed by atoms with Crippen molar-refractivity contribution in [1.29, 1.82) is 0 Å². The Hall–Kier alpha value is -2.15. The van der Waals surface area contributed by atoms with E-state index in [0.717, 1.165) is 6.07 Å². The van der Waals surface area contributed by atoms with E-state index < -0.39 is 10.9 Å². The third-order valence-corrected chi connectivity index (χ3v) is 2.48. The number of aromatic carboxylic acids is 1. The fourth-order valence-electron chi connectivity index (χ4n) is 1.80. The third kappa shape index (κ3) is 4.22. The molecule has 2 N–H and O–H groups in total. The minimum Gasteiger partial charge on any atom is -0.478 e. The lowest BCUT2D eigenvalue weighted by molar-refractivity contribution is -0.384. The molecule has 0 aromatic heterocycles. The summed E-state index contributed by atoms with van der Waals surface area (Å²) >= 11 is 0. The number of nitrogens with one attached hydrogen (secondary N) is 1. The molecule has 0 amide bonds. The number of carboxylic acids is 1. The second-order valence-corrected chi connectivity index (χ2v) is 4.60. The van der Waals surface area contributed by atoms with Gasteiger partial charge in [0.1, 0.15) is 5.69 Å². The minimum absolute atomic E-state index is 0.00405. The highest BCUT2D eigenvalue weighted by Gasteiger charge is 2.18. The molecule has 19 heavy (non-hydrogen) atoms. The number of benzene rings is 1. The van der Waals surface area contributed by atoms with E-state index in [0.29, 0.717) is 12.2 Å². The van der Waals surface area contributed by atoms with Gasteiger partial charge in [0.2, 0.25) is 0 Å². The van der Waals surface area contributed by atoms with Gasteiger partial charge < -0.3 is 15.3 Å². The van der Waals surface area contributed by atoms with E-state index in [1.165, 1.54) is 12.1 Å². The number of likely N-dealkylation sites (N-methyl/N-ethyl adjacent to an activating group) is 1. The Morgan fingerprint density at radius 1 is 1.53 bits per heavy atom. The molecular formula is C12H17N3O4. The predicted octanol–water partition coefficient (Wildman–Crippen LogP) is 1.66. The number of carbonyl (C=O) groups is 1. The van der Waals surface area contributed by atoms with Gasteiger partial charge >= 0.3 is 5.97 Å². The number of anilines is 1. The van der Waals surface area contributed by atoms with E-state index in [1.807, 2.05) is 25.9 Å². The summed E-state index contributed by atoms with van der Waals surface area (Å²) in [6.07, 6.45) is 0. The van der Waals surface area contributed by atoms with Crippen LogP contribution in [0, 0.1) is 10.1 Å². The molecule has 0 bridgehead atoms. The SMILES string of the molecule is CC(CN(C)C)Nc1ccc(C(=O)O)cc1[N+](=O)[O-]. The molecule has 1 rings (SSSR count). The van der Waals surface area contributed by atoms with Crippen LogP contribution in [0.25, 0.3) is 0 Å². The smallest absolute Gasteiger partial charge is 0.335 e. The van der Waals surface area contributed by atoms with E-state index in [2.05, 4.69) is 5.32 Å². The standard InChI is InChI=1S/C12H17N3O4/c1-8(7-14(2)3)13-10-5-4-9(12(16)17)6-11(10)15(18)19/h4-6,8,13H,7H2,1-3H3,(H,16,17). The fraction of sp³-hybridized carbons (Fsp3) is 0.417. The van der Waals surface area contributed by atoms with Gasteiger partial charge in [0, 0.05) is 18.7 Å². The van der Waals surface area contributed by atoms with Crippen LogP contribution in [0.1, 0.15) is 17.3 Å². The quantitative estimate of drug-likeness (QED) is 0.601. The van der Waals surface area contributed by atoms with Gasteiger partial charge in [-0.2, -0.15) is 0 Å². The topological polar surface area (TPSA) is 95.7 Å². The van der Waals surface area contributed by atoms with Crippen LogP contribution < -0.4 is 5.32 Å². The first-order chi connectivity index (χ1) is 8.81. The van der Waals surface area contributed by atoms with Crippen LogP contribution in [-0.4, -0.2) is 47.6 Å². The van der Waals surface area contributed by atoms with Crippen LogP contribution in [0.15, 0.2) is 18.2 Å². The third-order valence-electron chi connectivity index (χ3n) is 2.48. The van der Waals surface area contributed by atoms with Gasteiger partial charge in [-0.15, -0.1) is 0 Å². The van der Waals surface area contributed by atoms with Crippen LogP contribution in [0.2, 0.25) is 0 Å². The molecule has 1 aromatic rings. The molecule has 0 aliphatic carbocycles. The van der Waals surface area contributed by atoms with Crippen molar-refractivity contribution in [2.75, 3.05) is 26.0 Å². The maximum atomic E-state index is 11.0. The Kier molecular flexibility index (Phi) is 4.82. The van der Waals surface area contributed by atoms with Crippen LogP contribution in [0.4, 0.5) is 11.4 Å². The Morgan fingerprint density at radius 2 is 2.16 bits per heavy atom. The van der Waals surface area contributed by atoms with Crippen molar-refractivity contribution in [3.8, 4) is 0 Å². The van der Waals surface area contributed by atoms with Crippen molar-refractivity contribution in [2.24, 2.45) is 0 Å². The van der Waals surface area contributed by atoms with Crippen molar-refractivity contribution in [2.45, 2.75) is 13.0 Å². The van der Waals surface area contributed by atoms with Crippen molar-refractivity contribution in [3.63, 3.8) is 0 Å². The van der Waals surface area contributed by atoms with Crippen LogP contribution in [0.5, 0.6) is 0 Å². The Labute approximate surface area is 111 Å². The van der Waals surface area contributed by atoms with Gasteiger partial charge in [0.15, 0.2) is 0 Å². The molecule has 7 heteroatoms. The first kappa shape index (κ1) is 14.9. The molecule has 0 saturated heterocycles. The second-order valence-electron chi connectivity index (χ2n) is 4.60. The summed E-state index contributed by atoms with van der Waals surface area (Å²) < 4.78 is 0. The van der Waals surface area contributed by atoms with Crippen LogP contribution in [-0.2, 0) is 0 Å². The van der Waals surface area contributed by atoms with E-state index in [-0.39, 0.29) is 17.3 Å². The maximum Gasteiger partial charge on any atom is 0.335 e. The number of hydrogen-bond acceptors (Lipinski definition) is 5. The highest BCUT2D eigenvalue weighted by Crippen LogP contribution is 2.26. The number of nitrogens with zero attached hydrogens (tertiary/aromatic N) is 2. The largest absolute Gasteiger partial charge is 0.478 e. The van der Waals surface area contributed by atoms with E-state index in [9.17, 15) is 14.9 Å². The number of rotatable bonds is 6. The van der Waals surface area contributed by atoms with E-state index in [1.54, 1.807) is 0 Å². The zero-order valence-corrected chi connectivity index (χ0v) is 11.1. The molecule has 1 atom stereocenters. The molecule has 1 unspecified atom stereocenters. The summed E-state index contributed by atoms with van der Waals surface area (Å²) in [5.74, 6) is -1.18. The number of nitro benzene ring substituents is 1. The molecule has 0 heterocycles. The summed E-state index contributed by atoms with van der Waals surface area (Å²) in [7, 11) is 3.81. The first-order valence-corrected chi connectivity index (χ1v) is 5.74. The molecule has 0 aliphatic rings. The zero-order chi connectivity index (χ0) is 14.6. The summed E-state index contributed by atoms with van der Waals surface area (Å²) in [5, 5.41) is 22.8. The van der Waals surface area contributed by atoms with Gasteiger partial charge in [-0.25, -0.2) is 4.79 Å². The number of nitro groups is 1. The zero-order valence-electron chi connectivity index (χ0n) is 11.1. The van der Waals surface area contributed by atoms with Crippen molar-refractivity contribution >= 4 is 17.3 Å². The van der Waals surface area contributed by atoms with Gasteiger partial charge in [-0.05, 0) is 33.2 Å². The molecule has 1 aromatic carbocycles. The lowest BCUT2D eigenvalue weighted by atomic mass is 10.1.